The summed E-state index contributed by atoms with van der Waals surface area (Å²) in [6, 6.07) is 4.07. The fraction of sp³-hybridized carbons (Fsp3) is 0.400. The van der Waals surface area contributed by atoms with Crippen molar-refractivity contribution in [2.45, 2.75) is 18.4 Å². The number of ether oxygens (including phenoxy) is 1. The Morgan fingerprint density at radius 1 is 1.57 bits per heavy atom. The second-order valence-corrected chi connectivity index (χ2v) is 5.59. The molecule has 0 bridgehead atoms. The van der Waals surface area contributed by atoms with Crippen molar-refractivity contribution in [3.05, 3.63) is 41.5 Å². The molecule has 1 aliphatic heterocycles. The molecule has 1 amide bonds. The van der Waals surface area contributed by atoms with Gasteiger partial charge in [-0.15, -0.1) is 0 Å². The molecular weight excluding hydrogens is 303 g/mol. The lowest BCUT2D eigenvalue weighted by molar-refractivity contribution is -0.130. The molecule has 2 N–H and O–H groups in total. The number of carbonyl (C=O) groups is 1. The monoisotopic (exact) mass is 320 g/mol. The normalized spacial score (nSPS) is 20.7. The third-order valence-electron chi connectivity index (χ3n) is 4.08. The number of carbonyl (C=O) groups excluding carboxylic acids is 1. The van der Waals surface area contributed by atoms with Crippen LogP contribution in [0, 0.1) is 5.82 Å². The second kappa shape index (κ2) is 5.96. The highest BCUT2D eigenvalue weighted by Gasteiger charge is 2.41. The first kappa shape index (κ1) is 15.4. The van der Waals surface area contributed by atoms with Crippen LogP contribution in [-0.2, 0) is 16.8 Å². The van der Waals surface area contributed by atoms with Crippen LogP contribution < -0.4 is 4.74 Å². The minimum Gasteiger partial charge on any atom is -0.496 e. The number of hydrogen-bond donors (Lipinski definition) is 2. The van der Waals surface area contributed by atoms with E-state index in [1.54, 1.807) is 4.90 Å². The van der Waals surface area contributed by atoms with Crippen LogP contribution >= 0.6 is 0 Å². The Hall–Kier alpha value is -2.48. The molecule has 2 aromatic rings. The van der Waals surface area contributed by atoms with E-state index in [9.17, 15) is 14.3 Å². The van der Waals surface area contributed by atoms with E-state index in [0.29, 0.717) is 30.0 Å². The van der Waals surface area contributed by atoms with Crippen molar-refractivity contribution in [1.82, 2.24) is 20.3 Å². The summed E-state index contributed by atoms with van der Waals surface area (Å²) >= 11 is 0. The first-order valence-electron chi connectivity index (χ1n) is 7.21. The van der Waals surface area contributed by atoms with Gasteiger partial charge in [0, 0.05) is 18.5 Å². The molecule has 1 fully saturated rings. The lowest BCUT2D eigenvalue weighted by Gasteiger charge is -2.21. The highest BCUT2D eigenvalue weighted by Crippen LogP contribution is 2.31. The minimum absolute atomic E-state index is 0.00975. The molecule has 7 nitrogen and oxygen atoms in total. The van der Waals surface area contributed by atoms with Crippen molar-refractivity contribution >= 4 is 5.91 Å². The molecule has 3 rings (SSSR count). The van der Waals surface area contributed by atoms with Crippen LogP contribution in [-0.4, -0.2) is 51.5 Å². The van der Waals surface area contributed by atoms with Gasteiger partial charge < -0.3 is 14.7 Å². The molecule has 23 heavy (non-hydrogen) atoms. The van der Waals surface area contributed by atoms with Gasteiger partial charge >= 0.3 is 0 Å². The fourth-order valence-corrected chi connectivity index (χ4v) is 2.80. The number of nitrogens with one attached hydrogen (secondary N) is 1. The van der Waals surface area contributed by atoms with Crippen LogP contribution in [0.2, 0.25) is 0 Å². The van der Waals surface area contributed by atoms with Crippen LogP contribution in [0.1, 0.15) is 17.7 Å². The lowest BCUT2D eigenvalue weighted by atomic mass is 10.00. The minimum atomic E-state index is -1.20. The van der Waals surface area contributed by atoms with Crippen molar-refractivity contribution in [2.24, 2.45) is 0 Å². The largest absolute Gasteiger partial charge is 0.496 e. The van der Waals surface area contributed by atoms with Gasteiger partial charge in [0.25, 0.3) is 0 Å². The highest BCUT2D eigenvalue weighted by molar-refractivity contribution is 5.80. The van der Waals surface area contributed by atoms with E-state index in [1.807, 2.05) is 0 Å². The van der Waals surface area contributed by atoms with Gasteiger partial charge in [-0.25, -0.2) is 4.39 Å². The number of H-pyrrole nitrogens is 1. The van der Waals surface area contributed by atoms with Gasteiger partial charge in [0.15, 0.2) is 0 Å². The Kier molecular flexibility index (Phi) is 3.99. The molecule has 0 radical (unpaired) electrons. The van der Waals surface area contributed by atoms with Crippen LogP contribution in [0.15, 0.2) is 24.4 Å². The molecule has 1 aromatic carbocycles. The van der Waals surface area contributed by atoms with E-state index in [1.165, 1.54) is 31.5 Å². The number of β-amino-alcohol motifs (C(OH)–C–C–N with tert-alkyl or cyclic N) is 1. The Morgan fingerprint density at radius 3 is 3.09 bits per heavy atom. The molecule has 1 aliphatic rings. The van der Waals surface area contributed by atoms with Gasteiger partial charge in [-0.05, 0) is 18.2 Å². The van der Waals surface area contributed by atoms with Crippen molar-refractivity contribution < 1.29 is 19.0 Å². The number of likely N-dealkylation sites (tertiary alicyclic amines) is 1. The molecular formula is C15H17FN4O3. The summed E-state index contributed by atoms with van der Waals surface area (Å²) in [5.74, 6) is -0.159. The van der Waals surface area contributed by atoms with E-state index in [-0.39, 0.29) is 18.9 Å². The highest BCUT2D eigenvalue weighted by atomic mass is 19.1. The number of benzene rings is 1. The molecule has 2 heterocycles. The summed E-state index contributed by atoms with van der Waals surface area (Å²) in [6.07, 6.45) is 1.84. The van der Waals surface area contributed by atoms with Crippen molar-refractivity contribution in [1.29, 1.82) is 0 Å². The molecule has 8 heteroatoms. The summed E-state index contributed by atoms with van der Waals surface area (Å²) in [7, 11) is 1.47. The Morgan fingerprint density at radius 2 is 2.39 bits per heavy atom. The summed E-state index contributed by atoms with van der Waals surface area (Å²) in [5.41, 5.74) is -0.306. The van der Waals surface area contributed by atoms with Gasteiger partial charge in [0.2, 0.25) is 5.91 Å². The van der Waals surface area contributed by atoms with Gasteiger partial charge in [-0.2, -0.15) is 15.4 Å². The van der Waals surface area contributed by atoms with Crippen LogP contribution in [0.25, 0.3) is 0 Å². The van der Waals surface area contributed by atoms with E-state index in [4.69, 9.17) is 4.74 Å². The maximum atomic E-state index is 13.4. The maximum absolute atomic E-state index is 13.4. The third-order valence-corrected chi connectivity index (χ3v) is 4.08. The number of aliphatic hydroxyl groups is 1. The fourth-order valence-electron chi connectivity index (χ4n) is 2.80. The number of methoxy groups -OCH3 is 1. The molecule has 0 spiro atoms. The lowest BCUT2D eigenvalue weighted by Crippen LogP contribution is -2.35. The van der Waals surface area contributed by atoms with E-state index < -0.39 is 11.4 Å². The number of rotatable bonds is 4. The Labute approximate surface area is 132 Å². The van der Waals surface area contributed by atoms with Gasteiger partial charge in [-0.3, -0.25) is 4.79 Å². The number of nitrogens with zero attached hydrogens (tertiary/aromatic N) is 3. The summed E-state index contributed by atoms with van der Waals surface area (Å²) in [5, 5.41) is 20.6. The maximum Gasteiger partial charge on any atom is 0.227 e. The van der Waals surface area contributed by atoms with Gasteiger partial charge in [0.05, 0.1) is 26.3 Å². The predicted octanol–water partition coefficient (Wildman–Crippen LogP) is 0.615. The van der Waals surface area contributed by atoms with Gasteiger partial charge in [0.1, 0.15) is 22.9 Å². The molecule has 0 aliphatic carbocycles. The number of aromatic amines is 1. The molecule has 1 saturated heterocycles. The number of halogens is 1. The predicted molar refractivity (Wildman–Crippen MR) is 78.1 cm³/mol. The number of amides is 1. The standard InChI is InChI=1S/C15H17FN4O3/c1-23-12-3-2-11(16)6-10(12)7-14(21)20-5-4-15(22,9-20)13-8-17-19-18-13/h2-3,6,8,22H,4-5,7,9H2,1H3,(H,17,18,19). The summed E-state index contributed by atoms with van der Waals surface area (Å²) in [4.78, 5) is 14.0. The molecule has 0 saturated carbocycles. The van der Waals surface area contributed by atoms with Crippen molar-refractivity contribution in [3.63, 3.8) is 0 Å². The van der Waals surface area contributed by atoms with E-state index >= 15 is 0 Å². The smallest absolute Gasteiger partial charge is 0.227 e. The van der Waals surface area contributed by atoms with Crippen molar-refractivity contribution in [3.8, 4) is 5.75 Å². The van der Waals surface area contributed by atoms with Crippen LogP contribution in [0.4, 0.5) is 4.39 Å². The van der Waals surface area contributed by atoms with Crippen LogP contribution in [0.5, 0.6) is 5.75 Å². The van der Waals surface area contributed by atoms with Crippen LogP contribution in [0.3, 0.4) is 0 Å². The number of aromatic nitrogens is 3. The van der Waals surface area contributed by atoms with Gasteiger partial charge in [-0.1, -0.05) is 0 Å². The topological polar surface area (TPSA) is 91.3 Å². The Balaban J connectivity index is 1.72. The number of hydrogen-bond acceptors (Lipinski definition) is 5. The summed E-state index contributed by atoms with van der Waals surface area (Å²) < 4.78 is 18.5. The molecule has 1 aromatic heterocycles. The average molecular weight is 320 g/mol. The Bertz CT molecular complexity index is 707. The molecule has 1 unspecified atom stereocenters. The van der Waals surface area contributed by atoms with E-state index in [0.717, 1.165) is 0 Å². The molecule has 1 atom stereocenters. The zero-order valence-electron chi connectivity index (χ0n) is 12.6. The zero-order chi connectivity index (χ0) is 16.4. The first-order chi connectivity index (χ1) is 11.0. The third kappa shape index (κ3) is 3.02. The first-order valence-corrected chi connectivity index (χ1v) is 7.21. The van der Waals surface area contributed by atoms with E-state index in [2.05, 4.69) is 15.4 Å². The quantitative estimate of drug-likeness (QED) is 0.861. The SMILES string of the molecule is COc1ccc(F)cc1CC(=O)N1CCC(O)(c2cn[nH]n2)C1. The second-order valence-electron chi connectivity index (χ2n) is 5.59. The average Bonchev–Trinajstić information content (AvgIpc) is 3.18. The summed E-state index contributed by atoms with van der Waals surface area (Å²) in [6.45, 7) is 0.538. The zero-order valence-corrected chi connectivity index (χ0v) is 12.6. The van der Waals surface area contributed by atoms with Crippen molar-refractivity contribution in [2.75, 3.05) is 20.2 Å². The molecule has 122 valence electrons.